The first-order valence-electron chi connectivity index (χ1n) is 5.92. The molecule has 1 aliphatic heterocycles. The van der Waals surface area contributed by atoms with Crippen LogP contribution < -0.4 is 10.2 Å². The summed E-state index contributed by atoms with van der Waals surface area (Å²) in [4.78, 5) is 0. The molecule has 3 nitrogen and oxygen atoms in total. The van der Waals surface area contributed by atoms with Gasteiger partial charge in [-0.3, -0.25) is 14.8 Å². The Morgan fingerprint density at radius 1 is 1.07 bits per heavy atom. The highest BCUT2D eigenvalue weighted by atomic mass is 31.1. The average molecular weight is 215 g/mol. The molecule has 0 aromatic carbocycles. The molecule has 1 saturated heterocycles. The Morgan fingerprint density at radius 3 is 2.00 bits per heavy atom. The van der Waals surface area contributed by atoms with Gasteiger partial charge in [-0.15, -0.1) is 0 Å². The minimum absolute atomic E-state index is 0.226. The Kier molecular flexibility index (Phi) is 3.78. The van der Waals surface area contributed by atoms with Gasteiger partial charge in [0.25, 0.3) is 0 Å². The summed E-state index contributed by atoms with van der Waals surface area (Å²) in [7, 11) is -0.226. The van der Waals surface area contributed by atoms with E-state index < -0.39 is 0 Å². The van der Waals surface area contributed by atoms with Crippen LogP contribution in [0.3, 0.4) is 0 Å². The maximum absolute atomic E-state index is 3.77. The van der Waals surface area contributed by atoms with Gasteiger partial charge in [-0.05, 0) is 12.8 Å². The molecule has 1 heterocycles. The zero-order valence-electron chi connectivity index (χ0n) is 9.29. The highest BCUT2D eigenvalue weighted by Crippen LogP contribution is 2.41. The topological polar surface area (TPSA) is 27.3 Å². The molecular formula is C10H22N3P. The second-order valence-electron chi connectivity index (χ2n) is 4.21. The van der Waals surface area contributed by atoms with Crippen molar-refractivity contribution >= 4 is 8.37 Å². The van der Waals surface area contributed by atoms with Gasteiger partial charge in [0, 0.05) is 25.2 Å². The molecule has 2 unspecified atom stereocenters. The number of rotatable bonds is 3. The third-order valence-corrected chi connectivity index (χ3v) is 5.64. The van der Waals surface area contributed by atoms with Crippen molar-refractivity contribution in [2.24, 2.45) is 0 Å². The first-order valence-corrected chi connectivity index (χ1v) is 7.22. The van der Waals surface area contributed by atoms with Crippen molar-refractivity contribution in [3.05, 3.63) is 0 Å². The molecule has 0 bridgehead atoms. The van der Waals surface area contributed by atoms with Crippen molar-refractivity contribution in [3.8, 4) is 0 Å². The molecule has 2 atom stereocenters. The molecule has 2 aliphatic rings. The summed E-state index contributed by atoms with van der Waals surface area (Å²) in [6, 6.07) is 1.52. The largest absolute Gasteiger partial charge is 0.266 e. The Bertz CT molecular complexity index is 170. The smallest absolute Gasteiger partial charge is 0.115 e. The van der Waals surface area contributed by atoms with Gasteiger partial charge in [0.15, 0.2) is 0 Å². The number of hydrogen-bond donors (Lipinski definition) is 2. The van der Waals surface area contributed by atoms with E-state index in [4.69, 9.17) is 0 Å². The van der Waals surface area contributed by atoms with Crippen molar-refractivity contribution in [1.82, 2.24) is 14.8 Å². The van der Waals surface area contributed by atoms with Crippen molar-refractivity contribution in [2.75, 3.05) is 13.1 Å². The van der Waals surface area contributed by atoms with Crippen LogP contribution in [0.1, 0.15) is 39.5 Å². The zero-order chi connectivity index (χ0) is 9.97. The number of hydrogen-bond acceptors (Lipinski definition) is 3. The fourth-order valence-corrected chi connectivity index (χ4v) is 4.67. The Balaban J connectivity index is 1.91. The third-order valence-electron chi connectivity index (χ3n) is 3.36. The zero-order valence-corrected chi connectivity index (χ0v) is 10.2. The van der Waals surface area contributed by atoms with Gasteiger partial charge in [-0.25, -0.2) is 0 Å². The van der Waals surface area contributed by atoms with Gasteiger partial charge in [-0.2, -0.15) is 0 Å². The predicted octanol–water partition coefficient (Wildman–Crippen LogP) is 2.06. The van der Waals surface area contributed by atoms with Gasteiger partial charge in [-0.1, -0.05) is 26.7 Å². The number of nitrogens with zero attached hydrogens (tertiary/aromatic N) is 1. The number of nitrogens with one attached hydrogen (secondary N) is 2. The third kappa shape index (κ3) is 2.11. The van der Waals surface area contributed by atoms with Crippen LogP contribution in [0, 0.1) is 0 Å². The maximum atomic E-state index is 3.77. The van der Waals surface area contributed by atoms with Crippen LogP contribution in [0.5, 0.6) is 0 Å². The van der Waals surface area contributed by atoms with Crippen molar-refractivity contribution in [2.45, 2.75) is 51.6 Å². The Morgan fingerprint density at radius 2 is 1.57 bits per heavy atom. The molecule has 0 radical (unpaired) electrons. The molecule has 0 aromatic rings. The standard InChI is InChI=1S/C10H22N3P/c1-3-13(4-2)14-11-9-7-5-6-8-10(9)12-14/h9-12H,3-8H2,1-2H3. The first-order chi connectivity index (χ1) is 6.85. The van der Waals surface area contributed by atoms with E-state index in [0.29, 0.717) is 0 Å². The summed E-state index contributed by atoms with van der Waals surface area (Å²) in [5.74, 6) is 0. The summed E-state index contributed by atoms with van der Waals surface area (Å²) in [6.45, 7) is 6.80. The van der Waals surface area contributed by atoms with Gasteiger partial charge in [0.2, 0.25) is 0 Å². The summed E-state index contributed by atoms with van der Waals surface area (Å²) in [6.07, 6.45) is 5.57. The van der Waals surface area contributed by atoms with E-state index in [1.54, 1.807) is 0 Å². The molecular weight excluding hydrogens is 193 g/mol. The lowest BCUT2D eigenvalue weighted by molar-refractivity contribution is 0.374. The minimum atomic E-state index is -0.226. The van der Waals surface area contributed by atoms with Gasteiger partial charge < -0.3 is 0 Å². The van der Waals surface area contributed by atoms with Gasteiger partial charge in [0.1, 0.15) is 8.37 Å². The molecule has 82 valence electrons. The SMILES string of the molecule is CCN(CC)P1NC2CCCCC2N1. The van der Waals surface area contributed by atoms with E-state index in [9.17, 15) is 0 Å². The maximum Gasteiger partial charge on any atom is 0.115 e. The fraction of sp³-hybridized carbons (Fsp3) is 1.00. The Hall–Kier alpha value is 0.310. The second kappa shape index (κ2) is 4.89. The molecule has 4 heteroatoms. The summed E-state index contributed by atoms with van der Waals surface area (Å²) in [5, 5.41) is 7.55. The summed E-state index contributed by atoms with van der Waals surface area (Å²) < 4.78 is 2.52. The quantitative estimate of drug-likeness (QED) is 0.706. The van der Waals surface area contributed by atoms with E-state index in [0.717, 1.165) is 25.2 Å². The average Bonchev–Trinajstić information content (AvgIpc) is 2.63. The lowest BCUT2D eigenvalue weighted by Crippen LogP contribution is -2.36. The van der Waals surface area contributed by atoms with Crippen molar-refractivity contribution in [3.63, 3.8) is 0 Å². The predicted molar refractivity (Wildman–Crippen MR) is 62.2 cm³/mol. The van der Waals surface area contributed by atoms with E-state index in [1.165, 1.54) is 25.7 Å². The molecule has 1 saturated carbocycles. The Labute approximate surface area is 88.5 Å². The molecule has 2 fully saturated rings. The van der Waals surface area contributed by atoms with Crippen molar-refractivity contribution in [1.29, 1.82) is 0 Å². The van der Waals surface area contributed by atoms with Crippen LogP contribution in [0.2, 0.25) is 0 Å². The van der Waals surface area contributed by atoms with E-state index in [1.807, 2.05) is 0 Å². The number of fused-ring (bicyclic) bond motifs is 1. The lowest BCUT2D eigenvalue weighted by atomic mass is 9.92. The van der Waals surface area contributed by atoms with Crippen LogP contribution in [-0.2, 0) is 0 Å². The summed E-state index contributed by atoms with van der Waals surface area (Å²) in [5.41, 5.74) is 0. The molecule has 2 N–H and O–H groups in total. The van der Waals surface area contributed by atoms with Crippen LogP contribution in [0.15, 0.2) is 0 Å². The first kappa shape index (κ1) is 10.8. The van der Waals surface area contributed by atoms with Crippen LogP contribution >= 0.6 is 8.37 Å². The molecule has 0 aromatic heterocycles. The summed E-state index contributed by atoms with van der Waals surface area (Å²) >= 11 is 0. The second-order valence-corrected chi connectivity index (χ2v) is 5.91. The normalized spacial score (nSPS) is 37.5. The molecule has 0 spiro atoms. The lowest BCUT2D eigenvalue weighted by Gasteiger charge is -2.25. The van der Waals surface area contributed by atoms with Gasteiger partial charge in [0.05, 0.1) is 0 Å². The fourth-order valence-electron chi connectivity index (χ4n) is 2.46. The van der Waals surface area contributed by atoms with E-state index in [-0.39, 0.29) is 8.37 Å². The van der Waals surface area contributed by atoms with Crippen LogP contribution in [-0.4, -0.2) is 29.8 Å². The van der Waals surface area contributed by atoms with Gasteiger partial charge >= 0.3 is 0 Å². The molecule has 2 rings (SSSR count). The molecule has 1 aliphatic carbocycles. The van der Waals surface area contributed by atoms with Crippen LogP contribution in [0.4, 0.5) is 0 Å². The highest BCUT2D eigenvalue weighted by molar-refractivity contribution is 7.51. The van der Waals surface area contributed by atoms with E-state index in [2.05, 4.69) is 28.7 Å². The molecule has 14 heavy (non-hydrogen) atoms. The highest BCUT2D eigenvalue weighted by Gasteiger charge is 2.36. The molecule has 0 amide bonds. The minimum Gasteiger partial charge on any atom is -0.266 e. The van der Waals surface area contributed by atoms with Crippen LogP contribution in [0.25, 0.3) is 0 Å². The van der Waals surface area contributed by atoms with E-state index >= 15 is 0 Å². The van der Waals surface area contributed by atoms with Crippen molar-refractivity contribution < 1.29 is 0 Å². The monoisotopic (exact) mass is 215 g/mol.